The molecular formula is C17H21ClN2O3. The van der Waals surface area contributed by atoms with E-state index in [2.05, 4.69) is 10.5 Å². The first-order valence-electron chi connectivity index (χ1n) is 7.85. The van der Waals surface area contributed by atoms with Crippen LogP contribution >= 0.6 is 11.6 Å². The van der Waals surface area contributed by atoms with E-state index in [1.165, 1.54) is 0 Å². The maximum absolute atomic E-state index is 11.4. The van der Waals surface area contributed by atoms with Crippen molar-refractivity contribution in [2.45, 2.75) is 33.1 Å². The topological polar surface area (TPSA) is 70.9 Å². The average Bonchev–Trinajstić information content (AvgIpc) is 3.27. The monoisotopic (exact) mass is 336 g/mol. The number of aliphatic hydroxyl groups is 1. The van der Waals surface area contributed by atoms with Crippen molar-refractivity contribution in [1.29, 1.82) is 0 Å². The molecule has 0 aromatic heterocycles. The summed E-state index contributed by atoms with van der Waals surface area (Å²) in [5.41, 5.74) is 5.09. The number of benzene rings is 1. The van der Waals surface area contributed by atoms with Crippen LogP contribution in [0.25, 0.3) is 0 Å². The van der Waals surface area contributed by atoms with Crippen LogP contribution in [0.4, 0.5) is 0 Å². The van der Waals surface area contributed by atoms with Gasteiger partial charge in [-0.2, -0.15) is 5.10 Å². The second kappa shape index (κ2) is 6.13. The van der Waals surface area contributed by atoms with Crippen molar-refractivity contribution in [2.75, 3.05) is 13.2 Å². The molecule has 1 aliphatic heterocycles. The van der Waals surface area contributed by atoms with Gasteiger partial charge in [0.2, 0.25) is 5.91 Å². The number of aliphatic hydroxyl groups excluding tert-OH is 1. The summed E-state index contributed by atoms with van der Waals surface area (Å²) in [7, 11) is 0. The fourth-order valence-electron chi connectivity index (χ4n) is 2.81. The number of ether oxygens (including phenoxy) is 1. The summed E-state index contributed by atoms with van der Waals surface area (Å²) in [5.74, 6) is 0.640. The normalized spacial score (nSPS) is 22.3. The summed E-state index contributed by atoms with van der Waals surface area (Å²) >= 11 is 6.39. The van der Waals surface area contributed by atoms with Crippen LogP contribution in [0.2, 0.25) is 5.02 Å². The van der Waals surface area contributed by atoms with E-state index in [-0.39, 0.29) is 23.8 Å². The molecule has 1 heterocycles. The van der Waals surface area contributed by atoms with Crippen molar-refractivity contribution in [3.8, 4) is 5.75 Å². The summed E-state index contributed by atoms with van der Waals surface area (Å²) in [6.07, 6.45) is 2.41. The van der Waals surface area contributed by atoms with Gasteiger partial charge in [-0.3, -0.25) is 4.79 Å². The molecule has 23 heavy (non-hydrogen) atoms. The second-order valence-electron chi connectivity index (χ2n) is 6.69. The molecule has 124 valence electrons. The molecule has 1 saturated carbocycles. The first-order chi connectivity index (χ1) is 10.9. The minimum Gasteiger partial charge on any atom is -0.491 e. The average molecular weight is 337 g/mol. The zero-order valence-corrected chi connectivity index (χ0v) is 14.1. The van der Waals surface area contributed by atoms with Gasteiger partial charge in [-0.25, -0.2) is 5.43 Å². The molecule has 1 aromatic rings. The number of carbonyl (C=O) groups is 1. The summed E-state index contributed by atoms with van der Waals surface area (Å²) in [4.78, 5) is 11.4. The lowest BCUT2D eigenvalue weighted by Crippen LogP contribution is -2.32. The Balaban J connectivity index is 1.81. The number of halogens is 1. The van der Waals surface area contributed by atoms with Gasteiger partial charge in [-0.15, -0.1) is 0 Å². The number of hydrazone groups is 1. The van der Waals surface area contributed by atoms with E-state index in [0.717, 1.165) is 29.7 Å². The van der Waals surface area contributed by atoms with Crippen molar-refractivity contribution in [2.24, 2.45) is 16.4 Å². The molecule has 0 bridgehead atoms. The van der Waals surface area contributed by atoms with Gasteiger partial charge in [-0.05, 0) is 37.5 Å². The zero-order chi connectivity index (χ0) is 16.6. The smallest absolute Gasteiger partial charge is 0.240 e. The minimum atomic E-state index is -0.0826. The minimum absolute atomic E-state index is 0.0510. The van der Waals surface area contributed by atoms with Crippen molar-refractivity contribution in [3.05, 3.63) is 28.3 Å². The highest BCUT2D eigenvalue weighted by atomic mass is 35.5. The highest BCUT2D eigenvalue weighted by Crippen LogP contribution is 2.46. The van der Waals surface area contributed by atoms with E-state index in [9.17, 15) is 9.90 Å². The van der Waals surface area contributed by atoms with Crippen LogP contribution in [0.15, 0.2) is 17.2 Å². The third kappa shape index (κ3) is 3.35. The fourth-order valence-corrected chi connectivity index (χ4v) is 3.14. The Hall–Kier alpha value is -1.59. The molecule has 1 amide bonds. The molecule has 1 aromatic carbocycles. The number of hydrogen-bond acceptors (Lipinski definition) is 4. The van der Waals surface area contributed by atoms with Crippen LogP contribution in [0.3, 0.4) is 0 Å². The molecule has 1 aliphatic carbocycles. The number of nitrogens with one attached hydrogen (secondary N) is 1. The Kier molecular flexibility index (Phi) is 4.34. The summed E-state index contributed by atoms with van der Waals surface area (Å²) in [5, 5.41) is 14.1. The molecule has 0 spiro atoms. The first kappa shape index (κ1) is 16.3. The summed E-state index contributed by atoms with van der Waals surface area (Å²) < 4.78 is 5.87. The Morgan fingerprint density at radius 2 is 2.22 bits per heavy atom. The van der Waals surface area contributed by atoms with E-state index in [1.54, 1.807) is 0 Å². The molecule has 3 rings (SSSR count). The third-order valence-electron chi connectivity index (χ3n) is 4.60. The molecule has 1 fully saturated rings. The van der Waals surface area contributed by atoms with Crippen LogP contribution in [-0.2, 0) is 4.79 Å². The number of rotatable bonds is 5. The van der Waals surface area contributed by atoms with Gasteiger partial charge in [0.25, 0.3) is 0 Å². The lowest BCUT2D eigenvalue weighted by Gasteiger charge is -2.21. The van der Waals surface area contributed by atoms with Gasteiger partial charge >= 0.3 is 0 Å². The Morgan fingerprint density at radius 3 is 2.78 bits per heavy atom. The number of hydrogen-bond donors (Lipinski definition) is 2. The van der Waals surface area contributed by atoms with Crippen molar-refractivity contribution in [3.63, 3.8) is 0 Å². The Labute approximate surface area is 140 Å². The van der Waals surface area contributed by atoms with Crippen LogP contribution in [0.1, 0.15) is 37.3 Å². The SMILES string of the molecule is Cc1cc(C2=NNC(=O)CC2C)cc(Cl)c1OCC1(CO)CC1. The zero-order valence-electron chi connectivity index (χ0n) is 13.4. The van der Waals surface area contributed by atoms with Gasteiger partial charge in [-0.1, -0.05) is 18.5 Å². The molecule has 1 unspecified atom stereocenters. The van der Waals surface area contributed by atoms with E-state index in [4.69, 9.17) is 16.3 Å². The molecule has 0 saturated heterocycles. The Morgan fingerprint density at radius 1 is 1.48 bits per heavy atom. The van der Waals surface area contributed by atoms with Crippen LogP contribution in [0, 0.1) is 18.3 Å². The molecule has 1 atom stereocenters. The lowest BCUT2D eigenvalue weighted by atomic mass is 9.93. The van der Waals surface area contributed by atoms with E-state index in [1.807, 2.05) is 26.0 Å². The maximum Gasteiger partial charge on any atom is 0.240 e. The number of amides is 1. The highest BCUT2D eigenvalue weighted by molar-refractivity contribution is 6.32. The number of carbonyl (C=O) groups excluding carboxylic acids is 1. The quantitative estimate of drug-likeness (QED) is 0.868. The van der Waals surface area contributed by atoms with Gasteiger partial charge in [0.1, 0.15) is 5.75 Å². The van der Waals surface area contributed by atoms with E-state index < -0.39 is 0 Å². The predicted octanol–water partition coefficient (Wildman–Crippen LogP) is 2.66. The van der Waals surface area contributed by atoms with Crippen LogP contribution in [-0.4, -0.2) is 29.9 Å². The molecular weight excluding hydrogens is 316 g/mol. The molecule has 2 N–H and O–H groups in total. The second-order valence-corrected chi connectivity index (χ2v) is 7.10. The molecule has 6 heteroatoms. The first-order valence-corrected chi connectivity index (χ1v) is 8.22. The fraction of sp³-hybridized carbons (Fsp3) is 0.529. The molecule has 2 aliphatic rings. The summed E-state index contributed by atoms with van der Waals surface area (Å²) in [6, 6.07) is 3.81. The standard InChI is InChI=1S/C17H21ClN2O3/c1-10-6-14(22)19-20-15(10)12-5-11(2)16(13(18)7-12)23-9-17(8-21)3-4-17/h5,7,10,21H,3-4,6,8-9H2,1-2H3,(H,19,22). The van der Waals surface area contributed by atoms with Crippen molar-refractivity contribution in [1.82, 2.24) is 5.43 Å². The maximum atomic E-state index is 11.4. The van der Waals surface area contributed by atoms with Crippen molar-refractivity contribution < 1.29 is 14.6 Å². The van der Waals surface area contributed by atoms with Gasteiger partial charge < -0.3 is 9.84 Å². The van der Waals surface area contributed by atoms with E-state index >= 15 is 0 Å². The Bertz CT molecular complexity index is 645. The lowest BCUT2D eigenvalue weighted by molar-refractivity contribution is -0.121. The number of nitrogens with zero attached hydrogens (tertiary/aromatic N) is 1. The van der Waals surface area contributed by atoms with Crippen LogP contribution < -0.4 is 10.2 Å². The predicted molar refractivity (Wildman–Crippen MR) is 88.9 cm³/mol. The van der Waals surface area contributed by atoms with Crippen LogP contribution in [0.5, 0.6) is 5.75 Å². The largest absolute Gasteiger partial charge is 0.491 e. The third-order valence-corrected chi connectivity index (χ3v) is 4.88. The summed E-state index contributed by atoms with van der Waals surface area (Å²) in [6.45, 7) is 4.55. The van der Waals surface area contributed by atoms with Gasteiger partial charge in [0, 0.05) is 23.3 Å². The van der Waals surface area contributed by atoms with Gasteiger partial charge in [0.15, 0.2) is 0 Å². The van der Waals surface area contributed by atoms with Gasteiger partial charge in [0.05, 0.1) is 23.9 Å². The molecule has 5 nitrogen and oxygen atoms in total. The van der Waals surface area contributed by atoms with E-state index in [0.29, 0.717) is 23.8 Å². The van der Waals surface area contributed by atoms with Crippen molar-refractivity contribution >= 4 is 23.2 Å². The number of aryl methyl sites for hydroxylation is 1. The highest BCUT2D eigenvalue weighted by Gasteiger charge is 2.43. The molecule has 0 radical (unpaired) electrons.